The molecule has 3 nitrogen and oxygen atoms in total. The standard InChI is InChI=1S/C14H23N3/c1-2-9-16-13(11-6-3-4-7-11)12-8-5-10-17-14(12)15/h5,8,10-11,13,16H,2-4,6-7,9H2,1H3,(H2,15,17). The minimum Gasteiger partial charge on any atom is -0.383 e. The zero-order valence-electron chi connectivity index (χ0n) is 10.7. The van der Waals surface area contributed by atoms with E-state index in [1.54, 1.807) is 6.20 Å². The van der Waals surface area contributed by atoms with Gasteiger partial charge in [0.1, 0.15) is 5.82 Å². The van der Waals surface area contributed by atoms with E-state index in [1.807, 2.05) is 6.07 Å². The van der Waals surface area contributed by atoms with E-state index in [2.05, 4.69) is 23.3 Å². The number of pyridine rings is 1. The number of anilines is 1. The number of hydrogen-bond donors (Lipinski definition) is 2. The van der Waals surface area contributed by atoms with Gasteiger partial charge in [0.2, 0.25) is 0 Å². The number of rotatable bonds is 5. The van der Waals surface area contributed by atoms with Crippen molar-refractivity contribution in [2.24, 2.45) is 5.92 Å². The lowest BCUT2D eigenvalue weighted by molar-refractivity contribution is 0.368. The molecule has 1 heterocycles. The molecule has 17 heavy (non-hydrogen) atoms. The molecule has 1 fully saturated rings. The van der Waals surface area contributed by atoms with Gasteiger partial charge in [-0.05, 0) is 37.8 Å². The highest BCUT2D eigenvalue weighted by atomic mass is 14.9. The second kappa shape index (κ2) is 6.01. The highest BCUT2D eigenvalue weighted by Gasteiger charge is 2.27. The Balaban J connectivity index is 2.16. The Morgan fingerprint density at radius 1 is 1.47 bits per heavy atom. The molecular formula is C14H23N3. The minimum atomic E-state index is 0.395. The third kappa shape index (κ3) is 2.97. The van der Waals surface area contributed by atoms with E-state index < -0.39 is 0 Å². The maximum absolute atomic E-state index is 6.01. The Kier molecular flexibility index (Phi) is 4.37. The molecule has 0 radical (unpaired) electrons. The topological polar surface area (TPSA) is 50.9 Å². The predicted octanol–water partition coefficient (Wildman–Crippen LogP) is 2.89. The molecule has 0 aliphatic heterocycles. The highest BCUT2D eigenvalue weighted by molar-refractivity contribution is 5.41. The summed E-state index contributed by atoms with van der Waals surface area (Å²) in [6, 6.07) is 4.50. The predicted molar refractivity (Wildman–Crippen MR) is 71.6 cm³/mol. The summed E-state index contributed by atoms with van der Waals surface area (Å²) in [6.45, 7) is 3.25. The quantitative estimate of drug-likeness (QED) is 0.822. The van der Waals surface area contributed by atoms with Crippen LogP contribution in [-0.2, 0) is 0 Å². The number of nitrogens with two attached hydrogens (primary N) is 1. The van der Waals surface area contributed by atoms with E-state index in [0.29, 0.717) is 11.9 Å². The molecule has 1 atom stereocenters. The van der Waals surface area contributed by atoms with Crippen LogP contribution < -0.4 is 11.1 Å². The molecule has 3 N–H and O–H groups in total. The van der Waals surface area contributed by atoms with Crippen LogP contribution in [0.3, 0.4) is 0 Å². The number of nitrogens with zero attached hydrogens (tertiary/aromatic N) is 1. The maximum Gasteiger partial charge on any atom is 0.128 e. The summed E-state index contributed by atoms with van der Waals surface area (Å²) >= 11 is 0. The molecule has 2 rings (SSSR count). The highest BCUT2D eigenvalue weighted by Crippen LogP contribution is 2.36. The Morgan fingerprint density at radius 2 is 2.24 bits per heavy atom. The second-order valence-electron chi connectivity index (χ2n) is 4.95. The first-order valence-corrected chi connectivity index (χ1v) is 6.76. The van der Waals surface area contributed by atoms with Gasteiger partial charge in [-0.3, -0.25) is 0 Å². The smallest absolute Gasteiger partial charge is 0.128 e. The first-order chi connectivity index (χ1) is 8.33. The molecule has 0 spiro atoms. The van der Waals surface area contributed by atoms with E-state index in [-0.39, 0.29) is 0 Å². The fourth-order valence-electron chi connectivity index (χ4n) is 2.81. The third-order valence-electron chi connectivity index (χ3n) is 3.69. The van der Waals surface area contributed by atoms with Crippen molar-refractivity contribution < 1.29 is 0 Å². The van der Waals surface area contributed by atoms with Crippen molar-refractivity contribution >= 4 is 5.82 Å². The van der Waals surface area contributed by atoms with Gasteiger partial charge in [-0.2, -0.15) is 0 Å². The molecule has 3 heteroatoms. The molecule has 0 amide bonds. The molecule has 94 valence electrons. The van der Waals surface area contributed by atoms with Gasteiger partial charge in [-0.15, -0.1) is 0 Å². The molecule has 0 saturated heterocycles. The lowest BCUT2D eigenvalue weighted by atomic mass is 9.92. The van der Waals surface area contributed by atoms with Crippen molar-refractivity contribution in [3.8, 4) is 0 Å². The fourth-order valence-corrected chi connectivity index (χ4v) is 2.81. The van der Waals surface area contributed by atoms with Gasteiger partial charge in [0, 0.05) is 17.8 Å². The summed E-state index contributed by atoms with van der Waals surface area (Å²) in [4.78, 5) is 4.22. The van der Waals surface area contributed by atoms with Gasteiger partial charge >= 0.3 is 0 Å². The Bertz CT molecular complexity index is 345. The average molecular weight is 233 g/mol. The first-order valence-electron chi connectivity index (χ1n) is 6.76. The Labute approximate surface area is 104 Å². The van der Waals surface area contributed by atoms with E-state index in [4.69, 9.17) is 5.73 Å². The third-order valence-corrected chi connectivity index (χ3v) is 3.69. The van der Waals surface area contributed by atoms with E-state index in [1.165, 1.54) is 31.2 Å². The van der Waals surface area contributed by atoms with E-state index in [9.17, 15) is 0 Å². The van der Waals surface area contributed by atoms with Crippen molar-refractivity contribution in [3.05, 3.63) is 23.9 Å². The number of hydrogen-bond acceptors (Lipinski definition) is 3. The van der Waals surface area contributed by atoms with Gasteiger partial charge in [0.15, 0.2) is 0 Å². The van der Waals surface area contributed by atoms with Crippen LogP contribution in [0.5, 0.6) is 0 Å². The molecule has 1 aliphatic rings. The van der Waals surface area contributed by atoms with E-state index >= 15 is 0 Å². The van der Waals surface area contributed by atoms with Crippen LogP contribution in [0.15, 0.2) is 18.3 Å². The largest absolute Gasteiger partial charge is 0.383 e. The molecule has 1 aliphatic carbocycles. The van der Waals surface area contributed by atoms with Gasteiger partial charge in [0.05, 0.1) is 0 Å². The SMILES string of the molecule is CCCNC(c1cccnc1N)C1CCCC1. The zero-order valence-corrected chi connectivity index (χ0v) is 10.7. The number of nitrogen functional groups attached to an aromatic ring is 1. The average Bonchev–Trinajstić information content (AvgIpc) is 2.85. The molecule has 1 unspecified atom stereocenters. The molecule has 1 aromatic heterocycles. The lowest BCUT2D eigenvalue weighted by Gasteiger charge is -2.25. The van der Waals surface area contributed by atoms with Crippen LogP contribution >= 0.6 is 0 Å². The summed E-state index contributed by atoms with van der Waals surface area (Å²) in [5.41, 5.74) is 7.20. The van der Waals surface area contributed by atoms with Crippen molar-refractivity contribution in [2.75, 3.05) is 12.3 Å². The summed E-state index contributed by atoms with van der Waals surface area (Å²) in [6.07, 6.45) is 8.27. The number of nitrogens with one attached hydrogen (secondary N) is 1. The monoisotopic (exact) mass is 233 g/mol. The fraction of sp³-hybridized carbons (Fsp3) is 0.643. The zero-order chi connectivity index (χ0) is 12.1. The van der Waals surface area contributed by atoms with Crippen molar-refractivity contribution in [3.63, 3.8) is 0 Å². The van der Waals surface area contributed by atoms with Crippen LogP contribution in [0.4, 0.5) is 5.82 Å². The van der Waals surface area contributed by atoms with Gasteiger partial charge in [-0.1, -0.05) is 25.8 Å². The van der Waals surface area contributed by atoms with Crippen LogP contribution in [0.2, 0.25) is 0 Å². The van der Waals surface area contributed by atoms with Crippen LogP contribution in [0.25, 0.3) is 0 Å². The summed E-state index contributed by atoms with van der Waals surface area (Å²) in [7, 11) is 0. The van der Waals surface area contributed by atoms with Crippen molar-refractivity contribution in [1.82, 2.24) is 10.3 Å². The van der Waals surface area contributed by atoms with Gasteiger partial charge in [0.25, 0.3) is 0 Å². The van der Waals surface area contributed by atoms with Crippen LogP contribution in [0.1, 0.15) is 50.6 Å². The molecular weight excluding hydrogens is 210 g/mol. The Hall–Kier alpha value is -1.09. The molecule has 0 bridgehead atoms. The second-order valence-corrected chi connectivity index (χ2v) is 4.95. The normalized spacial score (nSPS) is 18.4. The first kappa shape index (κ1) is 12.4. The summed E-state index contributed by atoms with van der Waals surface area (Å²) in [5, 5.41) is 3.65. The summed E-state index contributed by atoms with van der Waals surface area (Å²) in [5.74, 6) is 1.42. The molecule has 1 aromatic rings. The molecule has 1 saturated carbocycles. The van der Waals surface area contributed by atoms with Crippen LogP contribution in [0, 0.1) is 5.92 Å². The summed E-state index contributed by atoms with van der Waals surface area (Å²) < 4.78 is 0. The molecule has 0 aromatic carbocycles. The van der Waals surface area contributed by atoms with Crippen molar-refractivity contribution in [1.29, 1.82) is 0 Å². The van der Waals surface area contributed by atoms with Gasteiger partial charge in [-0.25, -0.2) is 4.98 Å². The van der Waals surface area contributed by atoms with Gasteiger partial charge < -0.3 is 11.1 Å². The van der Waals surface area contributed by atoms with Crippen molar-refractivity contribution in [2.45, 2.75) is 45.1 Å². The minimum absolute atomic E-state index is 0.395. The van der Waals surface area contributed by atoms with E-state index in [0.717, 1.165) is 18.9 Å². The lowest BCUT2D eigenvalue weighted by Crippen LogP contribution is -2.28. The Morgan fingerprint density at radius 3 is 2.88 bits per heavy atom. The van der Waals surface area contributed by atoms with Crippen LogP contribution in [-0.4, -0.2) is 11.5 Å². The number of aromatic nitrogens is 1. The maximum atomic E-state index is 6.01.